The van der Waals surface area contributed by atoms with Crippen molar-refractivity contribution >= 4 is 54.8 Å². The summed E-state index contributed by atoms with van der Waals surface area (Å²) in [6.07, 6.45) is 4.77. The van der Waals surface area contributed by atoms with Gasteiger partial charge in [-0.15, -0.1) is 0 Å². The molecule has 4 heteroatoms. The Balaban J connectivity index is 1.29. The smallest absolute Gasteiger partial charge is 0.237 e. The Morgan fingerprint density at radius 1 is 0.490 bits per heavy atom. The summed E-state index contributed by atoms with van der Waals surface area (Å²) in [4.78, 5) is 10.9. The first-order valence-electron chi connectivity index (χ1n) is 17.6. The van der Waals surface area contributed by atoms with Crippen LogP contribution in [0.15, 0.2) is 176 Å². The summed E-state index contributed by atoms with van der Waals surface area (Å²) in [5.74, 6) is 1.92. The van der Waals surface area contributed by atoms with Crippen LogP contribution < -0.4 is 0 Å². The van der Waals surface area contributed by atoms with E-state index in [0.717, 1.165) is 39.2 Å². The van der Waals surface area contributed by atoms with Crippen LogP contribution in [-0.2, 0) is 0 Å². The number of benzene rings is 6. The van der Waals surface area contributed by atoms with Crippen LogP contribution in [-0.4, -0.2) is 19.1 Å². The molecule has 4 nitrogen and oxygen atoms in total. The van der Waals surface area contributed by atoms with Gasteiger partial charge in [0.05, 0.1) is 27.8 Å². The molecule has 1 aliphatic rings. The molecule has 9 aromatic rings. The van der Waals surface area contributed by atoms with Crippen LogP contribution in [0.25, 0.3) is 66.5 Å². The molecule has 0 radical (unpaired) electrons. The second kappa shape index (κ2) is 11.8. The lowest BCUT2D eigenvalue weighted by Crippen LogP contribution is -2.15. The van der Waals surface area contributed by atoms with Crippen molar-refractivity contribution in [2.24, 2.45) is 5.92 Å². The number of nitrogens with zero attached hydrogens (tertiary/aromatic N) is 4. The third-order valence-corrected chi connectivity index (χ3v) is 10.6. The summed E-state index contributed by atoms with van der Waals surface area (Å²) in [6, 6.07) is 58.2. The van der Waals surface area contributed by atoms with Gasteiger partial charge in [0.1, 0.15) is 5.82 Å². The van der Waals surface area contributed by atoms with Crippen molar-refractivity contribution in [1.82, 2.24) is 19.1 Å². The SMILES string of the molecule is CC1C(c2ccccc2)=CC(c2cc(-n3c4ccccc4c4ccccc43)nc(-n3c4ccccc4c4ccccc43)n2)=CC1c1ccccc1. The van der Waals surface area contributed by atoms with Gasteiger partial charge in [-0.25, -0.2) is 4.98 Å². The lowest BCUT2D eigenvalue weighted by Gasteiger charge is -2.30. The Kier molecular flexibility index (Phi) is 6.81. The largest absolute Gasteiger partial charge is 0.294 e. The normalized spacial score (nSPS) is 16.2. The topological polar surface area (TPSA) is 35.6 Å². The zero-order valence-electron chi connectivity index (χ0n) is 28.2. The van der Waals surface area contributed by atoms with E-state index < -0.39 is 0 Å². The highest BCUT2D eigenvalue weighted by Crippen LogP contribution is 2.44. The minimum absolute atomic E-state index is 0.171. The van der Waals surface area contributed by atoms with Crippen molar-refractivity contribution in [3.05, 3.63) is 193 Å². The molecule has 51 heavy (non-hydrogen) atoms. The summed E-state index contributed by atoms with van der Waals surface area (Å²) in [5.41, 5.74) is 10.2. The highest BCUT2D eigenvalue weighted by molar-refractivity contribution is 6.10. The fraction of sp³-hybridized carbons (Fsp3) is 0.0638. The highest BCUT2D eigenvalue weighted by atomic mass is 15.2. The van der Waals surface area contributed by atoms with Crippen molar-refractivity contribution in [3.63, 3.8) is 0 Å². The average Bonchev–Trinajstić information content (AvgIpc) is 3.72. The van der Waals surface area contributed by atoms with Crippen molar-refractivity contribution in [2.45, 2.75) is 12.8 Å². The summed E-state index contributed by atoms with van der Waals surface area (Å²) >= 11 is 0. The molecule has 2 unspecified atom stereocenters. The van der Waals surface area contributed by atoms with Gasteiger partial charge in [0.2, 0.25) is 5.95 Å². The zero-order valence-corrected chi connectivity index (χ0v) is 28.2. The van der Waals surface area contributed by atoms with Crippen LogP contribution in [0.3, 0.4) is 0 Å². The molecular weight excluding hydrogens is 621 g/mol. The molecule has 0 bridgehead atoms. The van der Waals surface area contributed by atoms with Crippen LogP contribution in [0.5, 0.6) is 0 Å². The van der Waals surface area contributed by atoms with E-state index in [1.165, 1.54) is 38.2 Å². The summed E-state index contributed by atoms with van der Waals surface area (Å²) in [5, 5.41) is 4.77. The molecule has 0 saturated carbocycles. The molecular formula is C47H34N4. The van der Waals surface area contributed by atoms with Gasteiger partial charge in [-0.1, -0.05) is 146 Å². The monoisotopic (exact) mass is 654 g/mol. The Labute approximate surface area is 296 Å². The molecule has 0 fully saturated rings. The number of aromatic nitrogens is 4. The van der Waals surface area contributed by atoms with Gasteiger partial charge in [0.25, 0.3) is 0 Å². The second-order valence-corrected chi connectivity index (χ2v) is 13.5. The molecule has 0 N–H and O–H groups in total. The van der Waals surface area contributed by atoms with Gasteiger partial charge in [-0.3, -0.25) is 9.13 Å². The van der Waals surface area contributed by atoms with E-state index in [9.17, 15) is 0 Å². The second-order valence-electron chi connectivity index (χ2n) is 13.5. The maximum Gasteiger partial charge on any atom is 0.237 e. The Hall–Kier alpha value is -6.52. The van der Waals surface area contributed by atoms with Gasteiger partial charge in [-0.2, -0.15) is 4.98 Å². The van der Waals surface area contributed by atoms with Crippen LogP contribution in [0.2, 0.25) is 0 Å². The minimum Gasteiger partial charge on any atom is -0.294 e. The molecule has 0 saturated heterocycles. The van der Waals surface area contributed by atoms with Crippen molar-refractivity contribution in [3.8, 4) is 11.8 Å². The maximum absolute atomic E-state index is 5.48. The highest BCUT2D eigenvalue weighted by Gasteiger charge is 2.28. The summed E-state index contributed by atoms with van der Waals surface area (Å²) < 4.78 is 4.53. The number of para-hydroxylation sites is 4. The van der Waals surface area contributed by atoms with E-state index in [-0.39, 0.29) is 11.8 Å². The van der Waals surface area contributed by atoms with Crippen LogP contribution >= 0.6 is 0 Å². The van der Waals surface area contributed by atoms with Gasteiger partial charge in [0, 0.05) is 33.5 Å². The molecule has 3 aromatic heterocycles. The van der Waals surface area contributed by atoms with Crippen molar-refractivity contribution in [2.75, 3.05) is 0 Å². The Morgan fingerprint density at radius 3 is 1.51 bits per heavy atom. The van der Waals surface area contributed by atoms with E-state index >= 15 is 0 Å². The molecule has 0 aliphatic heterocycles. The molecule has 10 rings (SSSR count). The van der Waals surface area contributed by atoms with E-state index in [0.29, 0.717) is 5.95 Å². The number of fused-ring (bicyclic) bond motifs is 6. The predicted octanol–water partition coefficient (Wildman–Crippen LogP) is 11.6. The molecule has 2 atom stereocenters. The molecule has 0 spiro atoms. The van der Waals surface area contributed by atoms with Crippen LogP contribution in [0, 0.1) is 5.92 Å². The van der Waals surface area contributed by atoms with Gasteiger partial charge < -0.3 is 0 Å². The van der Waals surface area contributed by atoms with Gasteiger partial charge in [0.15, 0.2) is 0 Å². The van der Waals surface area contributed by atoms with E-state index in [1.54, 1.807) is 0 Å². The lowest BCUT2D eigenvalue weighted by atomic mass is 9.75. The van der Waals surface area contributed by atoms with E-state index in [2.05, 4.69) is 192 Å². The van der Waals surface area contributed by atoms with Gasteiger partial charge in [-0.05, 0) is 58.5 Å². The van der Waals surface area contributed by atoms with Crippen LogP contribution in [0.4, 0.5) is 0 Å². The number of hydrogen-bond acceptors (Lipinski definition) is 2. The Bertz CT molecular complexity index is 2580. The van der Waals surface area contributed by atoms with E-state index in [1.807, 2.05) is 0 Å². The molecule has 0 amide bonds. The fourth-order valence-electron chi connectivity index (χ4n) is 8.17. The number of allylic oxidation sites excluding steroid dienone is 4. The first-order valence-corrected chi connectivity index (χ1v) is 17.6. The zero-order chi connectivity index (χ0) is 33.9. The molecule has 1 aliphatic carbocycles. The first-order chi connectivity index (χ1) is 25.2. The minimum atomic E-state index is 0.171. The van der Waals surface area contributed by atoms with Gasteiger partial charge >= 0.3 is 0 Å². The third kappa shape index (κ3) is 4.75. The number of hydrogen-bond donors (Lipinski definition) is 0. The fourth-order valence-corrected chi connectivity index (χ4v) is 8.17. The standard InChI is InChI=1S/C47H34N4/c1-31-39(32-16-4-2-5-17-32)28-34(29-40(31)33-18-6-3-7-19-33)41-30-46(50-42-24-12-8-20-35(42)36-21-9-13-25-43(36)50)49-47(48-41)51-44-26-14-10-22-37(44)38-23-11-15-27-45(38)51/h2-31,39H,1H3. The predicted molar refractivity (Wildman–Crippen MR) is 211 cm³/mol. The van der Waals surface area contributed by atoms with Crippen molar-refractivity contribution < 1.29 is 0 Å². The Morgan fingerprint density at radius 2 is 0.961 bits per heavy atom. The molecule has 6 aromatic carbocycles. The van der Waals surface area contributed by atoms with Crippen molar-refractivity contribution in [1.29, 1.82) is 0 Å². The number of rotatable bonds is 5. The summed E-state index contributed by atoms with van der Waals surface area (Å²) in [7, 11) is 0. The quantitative estimate of drug-likeness (QED) is 0.185. The molecule has 3 heterocycles. The maximum atomic E-state index is 5.48. The lowest BCUT2D eigenvalue weighted by molar-refractivity contribution is 0.655. The third-order valence-electron chi connectivity index (χ3n) is 10.6. The average molecular weight is 655 g/mol. The summed E-state index contributed by atoms with van der Waals surface area (Å²) in [6.45, 7) is 2.34. The first kappa shape index (κ1) is 29.4. The molecule has 242 valence electrons. The van der Waals surface area contributed by atoms with E-state index in [4.69, 9.17) is 9.97 Å². The van der Waals surface area contributed by atoms with Crippen LogP contribution in [0.1, 0.15) is 29.7 Å².